The maximum atomic E-state index is 13.2. The topological polar surface area (TPSA) is 77.5 Å². The Morgan fingerprint density at radius 1 is 1.03 bits per heavy atom. The van der Waals surface area contributed by atoms with Crippen LogP contribution in [0.2, 0.25) is 0 Å². The van der Waals surface area contributed by atoms with Crippen molar-refractivity contribution in [1.29, 1.82) is 0 Å². The smallest absolute Gasteiger partial charge is 0.331 e. The summed E-state index contributed by atoms with van der Waals surface area (Å²) in [6.45, 7) is 9.40. The molecule has 2 aromatic carbocycles. The normalized spacial score (nSPS) is 11.4. The molecule has 0 radical (unpaired) electrons. The molecule has 1 N–H and O–H groups in total. The molecule has 0 aliphatic heterocycles. The van der Waals surface area contributed by atoms with E-state index in [1.165, 1.54) is 12.2 Å². The number of fused-ring (bicyclic) bond motifs is 1. The molecular formula is C26H26N2O4. The first-order chi connectivity index (χ1) is 15.2. The van der Waals surface area contributed by atoms with Crippen LogP contribution in [0.5, 0.6) is 5.75 Å². The number of pyridine rings is 1. The van der Waals surface area contributed by atoms with E-state index >= 15 is 0 Å². The summed E-state index contributed by atoms with van der Waals surface area (Å²) >= 11 is 0. The van der Waals surface area contributed by atoms with Crippen LogP contribution in [0.15, 0.2) is 73.5 Å². The van der Waals surface area contributed by atoms with Crippen molar-refractivity contribution < 1.29 is 19.1 Å². The minimum Gasteiger partial charge on any atom is -0.497 e. The lowest BCUT2D eigenvalue weighted by Crippen LogP contribution is -2.22. The van der Waals surface area contributed by atoms with E-state index < -0.39 is 11.6 Å². The second-order valence-corrected chi connectivity index (χ2v) is 8.14. The lowest BCUT2D eigenvalue weighted by molar-refractivity contribution is -0.148. The zero-order valence-electron chi connectivity index (χ0n) is 18.6. The Morgan fingerprint density at radius 2 is 1.78 bits per heavy atom. The van der Waals surface area contributed by atoms with Crippen LogP contribution < -0.4 is 10.1 Å². The van der Waals surface area contributed by atoms with E-state index in [0.717, 1.165) is 5.39 Å². The molecule has 32 heavy (non-hydrogen) atoms. The van der Waals surface area contributed by atoms with Crippen LogP contribution >= 0.6 is 0 Å². The van der Waals surface area contributed by atoms with Gasteiger partial charge in [-0.3, -0.25) is 9.78 Å². The number of hydrogen-bond acceptors (Lipinski definition) is 5. The number of aromatic nitrogens is 1. The van der Waals surface area contributed by atoms with E-state index in [-0.39, 0.29) is 5.91 Å². The van der Waals surface area contributed by atoms with E-state index in [4.69, 9.17) is 9.47 Å². The van der Waals surface area contributed by atoms with Gasteiger partial charge in [-0.1, -0.05) is 24.8 Å². The number of nitrogens with one attached hydrogen (secondary N) is 1. The fourth-order valence-electron chi connectivity index (χ4n) is 3.10. The van der Waals surface area contributed by atoms with Crippen molar-refractivity contribution in [2.24, 2.45) is 0 Å². The average molecular weight is 431 g/mol. The second kappa shape index (κ2) is 9.47. The summed E-state index contributed by atoms with van der Waals surface area (Å²) in [6, 6.07) is 14.4. The zero-order chi connectivity index (χ0) is 23.3. The van der Waals surface area contributed by atoms with Gasteiger partial charge < -0.3 is 14.8 Å². The first-order valence-corrected chi connectivity index (χ1v) is 10.1. The third kappa shape index (κ3) is 5.60. The molecule has 0 fully saturated rings. The van der Waals surface area contributed by atoms with Gasteiger partial charge >= 0.3 is 5.97 Å². The summed E-state index contributed by atoms with van der Waals surface area (Å²) in [5.74, 6) is -0.253. The molecule has 0 aliphatic carbocycles. The first kappa shape index (κ1) is 22.7. The Hall–Kier alpha value is -3.93. The number of hydrogen-bond donors (Lipinski definition) is 1. The summed E-state index contributed by atoms with van der Waals surface area (Å²) in [6.07, 6.45) is 4.50. The van der Waals surface area contributed by atoms with Gasteiger partial charge in [-0.25, -0.2) is 4.79 Å². The Balaban J connectivity index is 1.90. The number of benzene rings is 2. The highest BCUT2D eigenvalue weighted by molar-refractivity contribution is 6.11. The zero-order valence-corrected chi connectivity index (χ0v) is 18.6. The Bertz CT molecular complexity index is 1200. The molecule has 0 unspecified atom stereocenters. The molecule has 0 saturated heterocycles. The van der Waals surface area contributed by atoms with Crippen LogP contribution in [-0.2, 0) is 9.53 Å². The fourth-order valence-corrected chi connectivity index (χ4v) is 3.10. The van der Waals surface area contributed by atoms with Gasteiger partial charge in [-0.05, 0) is 68.3 Å². The standard InChI is InChI=1S/C26H26N2O4/c1-17(11-14-23(29)32-26(2,3)4)21-16-19(31-5)12-13-20(21)25(30)28-22-10-6-8-18-9-7-15-27-24(18)22/h6-16H,1H2,2-5H3,(H,28,30)/b14-11+. The molecule has 6 heteroatoms. The second-order valence-electron chi connectivity index (χ2n) is 8.14. The molecule has 0 spiro atoms. The van der Waals surface area contributed by atoms with Crippen molar-refractivity contribution in [3.8, 4) is 5.75 Å². The Labute approximate surface area is 187 Å². The largest absolute Gasteiger partial charge is 0.497 e. The summed E-state index contributed by atoms with van der Waals surface area (Å²) < 4.78 is 10.6. The maximum absolute atomic E-state index is 13.2. The van der Waals surface area contributed by atoms with Gasteiger partial charge in [-0.15, -0.1) is 0 Å². The SMILES string of the molecule is C=C(/C=C/C(=O)OC(C)(C)C)c1cc(OC)ccc1C(=O)Nc1cccc2cccnc12. The minimum atomic E-state index is -0.601. The van der Waals surface area contributed by atoms with Crippen molar-refractivity contribution in [1.82, 2.24) is 4.98 Å². The molecule has 3 rings (SSSR count). The Kier molecular flexibility index (Phi) is 6.73. The molecule has 1 amide bonds. The number of anilines is 1. The van der Waals surface area contributed by atoms with Crippen LogP contribution in [0.3, 0.4) is 0 Å². The average Bonchev–Trinajstić information content (AvgIpc) is 2.76. The van der Waals surface area contributed by atoms with Gasteiger partial charge in [0.15, 0.2) is 0 Å². The number of allylic oxidation sites excluding steroid dienone is 2. The number of esters is 1. The molecular weight excluding hydrogens is 404 g/mol. The molecule has 1 heterocycles. The van der Waals surface area contributed by atoms with Crippen molar-refractivity contribution >= 4 is 34.0 Å². The van der Waals surface area contributed by atoms with Gasteiger partial charge in [0.1, 0.15) is 11.4 Å². The Morgan fingerprint density at radius 3 is 2.50 bits per heavy atom. The summed E-state index contributed by atoms with van der Waals surface area (Å²) in [5, 5.41) is 3.85. The molecule has 0 aliphatic rings. The number of amides is 1. The van der Waals surface area contributed by atoms with Crippen LogP contribution in [0.4, 0.5) is 5.69 Å². The predicted molar refractivity (Wildman–Crippen MR) is 127 cm³/mol. The van der Waals surface area contributed by atoms with Crippen LogP contribution in [0.25, 0.3) is 16.5 Å². The van der Waals surface area contributed by atoms with Gasteiger partial charge in [0.05, 0.1) is 18.3 Å². The van der Waals surface area contributed by atoms with Crippen LogP contribution in [-0.4, -0.2) is 29.6 Å². The molecule has 1 aromatic heterocycles. The molecule has 0 atom stereocenters. The van der Waals surface area contributed by atoms with E-state index in [2.05, 4.69) is 16.9 Å². The van der Waals surface area contributed by atoms with Crippen molar-refractivity contribution in [3.05, 3.63) is 84.6 Å². The van der Waals surface area contributed by atoms with E-state index in [9.17, 15) is 9.59 Å². The van der Waals surface area contributed by atoms with Crippen molar-refractivity contribution in [3.63, 3.8) is 0 Å². The van der Waals surface area contributed by atoms with Gasteiger partial charge in [0.2, 0.25) is 0 Å². The highest BCUT2D eigenvalue weighted by atomic mass is 16.6. The third-order valence-corrected chi connectivity index (χ3v) is 4.53. The van der Waals surface area contributed by atoms with E-state index in [0.29, 0.717) is 33.7 Å². The number of methoxy groups -OCH3 is 1. The fraction of sp³-hybridized carbons (Fsp3) is 0.192. The number of rotatable bonds is 6. The monoisotopic (exact) mass is 430 g/mol. The van der Waals surface area contributed by atoms with E-state index in [1.807, 2.05) is 24.3 Å². The minimum absolute atomic E-state index is 0.326. The van der Waals surface area contributed by atoms with Gasteiger partial charge in [0.25, 0.3) is 5.91 Å². The molecule has 3 aromatic rings. The number of nitrogens with zero attached hydrogens (tertiary/aromatic N) is 1. The number of para-hydroxylation sites is 1. The van der Waals surface area contributed by atoms with Crippen LogP contribution in [0.1, 0.15) is 36.7 Å². The van der Waals surface area contributed by atoms with Crippen molar-refractivity contribution in [2.75, 3.05) is 12.4 Å². The highest BCUT2D eigenvalue weighted by Gasteiger charge is 2.17. The summed E-state index contributed by atoms with van der Waals surface area (Å²) in [4.78, 5) is 29.6. The van der Waals surface area contributed by atoms with Crippen molar-refractivity contribution in [2.45, 2.75) is 26.4 Å². The quantitative estimate of drug-likeness (QED) is 0.322. The molecule has 0 bridgehead atoms. The molecule has 164 valence electrons. The lowest BCUT2D eigenvalue weighted by Gasteiger charge is -2.18. The number of ether oxygens (including phenoxy) is 2. The van der Waals surface area contributed by atoms with Crippen LogP contribution in [0, 0.1) is 0 Å². The van der Waals surface area contributed by atoms with E-state index in [1.54, 1.807) is 58.3 Å². The number of carbonyl (C=O) groups excluding carboxylic acids is 2. The molecule has 6 nitrogen and oxygen atoms in total. The third-order valence-electron chi connectivity index (χ3n) is 4.53. The van der Waals surface area contributed by atoms with Gasteiger partial charge in [-0.2, -0.15) is 0 Å². The summed E-state index contributed by atoms with van der Waals surface area (Å²) in [7, 11) is 1.54. The predicted octanol–water partition coefficient (Wildman–Crippen LogP) is 5.41. The highest BCUT2D eigenvalue weighted by Crippen LogP contribution is 2.27. The summed E-state index contributed by atoms with van der Waals surface area (Å²) in [5.41, 5.74) is 2.09. The maximum Gasteiger partial charge on any atom is 0.331 e. The molecule has 0 saturated carbocycles. The number of carbonyl (C=O) groups is 2. The van der Waals surface area contributed by atoms with Gasteiger partial charge in [0, 0.05) is 23.2 Å². The lowest BCUT2D eigenvalue weighted by atomic mass is 9.99. The first-order valence-electron chi connectivity index (χ1n) is 10.1.